The summed E-state index contributed by atoms with van der Waals surface area (Å²) < 4.78 is 4.16. The predicted octanol–water partition coefficient (Wildman–Crippen LogP) is 4.45. The second kappa shape index (κ2) is 10.5. The van der Waals surface area contributed by atoms with Gasteiger partial charge in [-0.05, 0) is 29.8 Å². The molecule has 0 saturated carbocycles. The molecule has 0 unspecified atom stereocenters. The Bertz CT molecular complexity index is 1370. The van der Waals surface area contributed by atoms with Crippen molar-refractivity contribution in [1.29, 1.82) is 0 Å². The molecule has 4 rings (SSSR count). The van der Waals surface area contributed by atoms with Crippen LogP contribution in [0.15, 0.2) is 84.4 Å². The first-order valence-corrected chi connectivity index (χ1v) is 11.8. The molecule has 0 bridgehead atoms. The van der Waals surface area contributed by atoms with Crippen LogP contribution in [0.4, 0.5) is 0 Å². The molecule has 168 valence electrons. The summed E-state index contributed by atoms with van der Waals surface area (Å²) in [5.74, 6) is -0.132. The summed E-state index contributed by atoms with van der Waals surface area (Å²) in [6, 6.07) is 19.9. The van der Waals surface area contributed by atoms with Crippen molar-refractivity contribution in [2.75, 3.05) is 6.54 Å². The highest BCUT2D eigenvalue weighted by molar-refractivity contribution is 7.73. The molecule has 4 aromatic rings. The van der Waals surface area contributed by atoms with Crippen molar-refractivity contribution in [3.05, 3.63) is 105 Å². The van der Waals surface area contributed by atoms with Crippen LogP contribution >= 0.6 is 23.6 Å². The molecule has 0 N–H and O–H groups in total. The van der Waals surface area contributed by atoms with Gasteiger partial charge in [0.25, 0.3) is 5.56 Å². The average Bonchev–Trinajstić information content (AvgIpc) is 3.16. The number of nitrogens with zero attached hydrogens (tertiary/aromatic N) is 4. The van der Waals surface area contributed by atoms with E-state index in [4.69, 9.17) is 12.2 Å². The fraction of sp³-hybridized carbons (Fsp3) is 0.200. The van der Waals surface area contributed by atoms with E-state index in [0.29, 0.717) is 33.9 Å². The zero-order chi connectivity index (χ0) is 23.2. The van der Waals surface area contributed by atoms with Crippen molar-refractivity contribution in [2.45, 2.75) is 26.1 Å². The Balaban J connectivity index is 1.58. The molecule has 0 fully saturated rings. The Hall–Kier alpha value is -3.36. The van der Waals surface area contributed by atoms with Crippen LogP contribution in [0.2, 0.25) is 0 Å². The van der Waals surface area contributed by atoms with Gasteiger partial charge in [0.05, 0.1) is 0 Å². The molecule has 8 heteroatoms. The van der Waals surface area contributed by atoms with Crippen LogP contribution < -0.4 is 5.56 Å². The number of hydrogen-bond donors (Lipinski definition) is 0. The highest BCUT2D eigenvalue weighted by Gasteiger charge is 2.18. The van der Waals surface area contributed by atoms with E-state index in [-0.39, 0.29) is 18.0 Å². The van der Waals surface area contributed by atoms with Gasteiger partial charge in [0.15, 0.2) is 9.60 Å². The largest absolute Gasteiger partial charge is 0.336 e. The van der Waals surface area contributed by atoms with Crippen LogP contribution in [0, 0.1) is 3.95 Å². The van der Waals surface area contributed by atoms with Crippen molar-refractivity contribution >= 4 is 39.8 Å². The van der Waals surface area contributed by atoms with Gasteiger partial charge >= 0.3 is 0 Å². The highest BCUT2D eigenvalue weighted by Crippen LogP contribution is 2.18. The van der Waals surface area contributed by atoms with Crippen molar-refractivity contribution in [3.63, 3.8) is 0 Å². The van der Waals surface area contributed by atoms with Gasteiger partial charge in [0.1, 0.15) is 17.6 Å². The molecule has 2 aromatic heterocycles. The SMILES string of the molecule is C=CCn1c(=S)sc2c(=O)n(CC(=O)N(CCc3ccccc3)Cc3ccccc3)cnc21. The second-order valence-corrected chi connectivity index (χ2v) is 9.28. The Morgan fingerprint density at radius 1 is 1.09 bits per heavy atom. The van der Waals surface area contributed by atoms with Gasteiger partial charge in [-0.15, -0.1) is 6.58 Å². The number of hydrogen-bond acceptors (Lipinski definition) is 5. The summed E-state index contributed by atoms with van der Waals surface area (Å²) in [7, 11) is 0. The molecule has 1 amide bonds. The van der Waals surface area contributed by atoms with E-state index in [0.717, 1.165) is 17.5 Å². The van der Waals surface area contributed by atoms with E-state index in [1.54, 1.807) is 15.5 Å². The van der Waals surface area contributed by atoms with Crippen molar-refractivity contribution < 1.29 is 4.79 Å². The van der Waals surface area contributed by atoms with Gasteiger partial charge in [-0.25, -0.2) is 4.98 Å². The van der Waals surface area contributed by atoms with Crippen molar-refractivity contribution in [3.8, 4) is 0 Å². The fourth-order valence-corrected chi connectivity index (χ4v) is 4.94. The van der Waals surface area contributed by atoms with Crippen LogP contribution in [-0.2, 0) is 30.8 Å². The van der Waals surface area contributed by atoms with Gasteiger partial charge in [-0.3, -0.25) is 14.2 Å². The number of aromatic nitrogens is 3. The van der Waals surface area contributed by atoms with Crippen LogP contribution in [-0.4, -0.2) is 31.5 Å². The van der Waals surface area contributed by atoms with Crippen molar-refractivity contribution in [1.82, 2.24) is 19.0 Å². The van der Waals surface area contributed by atoms with E-state index in [1.807, 2.05) is 48.5 Å². The van der Waals surface area contributed by atoms with Crippen LogP contribution in [0.5, 0.6) is 0 Å². The molecule has 33 heavy (non-hydrogen) atoms. The van der Waals surface area contributed by atoms with Gasteiger partial charge in [0, 0.05) is 19.6 Å². The highest BCUT2D eigenvalue weighted by atomic mass is 32.1. The summed E-state index contributed by atoms with van der Waals surface area (Å²) >= 11 is 6.59. The van der Waals surface area contributed by atoms with Crippen molar-refractivity contribution in [2.24, 2.45) is 0 Å². The smallest absolute Gasteiger partial charge is 0.273 e. The third kappa shape index (κ3) is 5.35. The molecule has 0 aliphatic rings. The summed E-state index contributed by atoms with van der Waals surface area (Å²) in [4.78, 5) is 32.6. The first-order chi connectivity index (χ1) is 16.1. The van der Waals surface area contributed by atoms with Crippen LogP contribution in [0.1, 0.15) is 11.1 Å². The molecule has 0 radical (unpaired) electrons. The number of amides is 1. The predicted molar refractivity (Wildman–Crippen MR) is 135 cm³/mol. The maximum atomic E-state index is 13.3. The summed E-state index contributed by atoms with van der Waals surface area (Å²) in [5.41, 5.74) is 2.48. The Morgan fingerprint density at radius 2 is 1.76 bits per heavy atom. The van der Waals surface area contributed by atoms with E-state index in [9.17, 15) is 9.59 Å². The molecule has 2 heterocycles. The number of rotatable bonds is 9. The van der Waals surface area contributed by atoms with E-state index in [2.05, 4.69) is 23.7 Å². The molecule has 2 aromatic carbocycles. The topological polar surface area (TPSA) is 60.1 Å². The van der Waals surface area contributed by atoms with Crippen LogP contribution in [0.25, 0.3) is 10.3 Å². The minimum Gasteiger partial charge on any atom is -0.336 e. The minimum absolute atomic E-state index is 0.0739. The van der Waals surface area contributed by atoms with Gasteiger partial charge < -0.3 is 9.47 Å². The van der Waals surface area contributed by atoms with Crippen LogP contribution in [0.3, 0.4) is 0 Å². The number of carbonyl (C=O) groups excluding carboxylic acids is 1. The second-order valence-electron chi connectivity index (χ2n) is 7.63. The van der Waals surface area contributed by atoms with Gasteiger partial charge in [-0.2, -0.15) is 0 Å². The lowest BCUT2D eigenvalue weighted by molar-refractivity contribution is -0.132. The Labute approximate surface area is 201 Å². The number of allylic oxidation sites excluding steroid dienone is 1. The van der Waals surface area contributed by atoms with Gasteiger partial charge in [0.2, 0.25) is 5.91 Å². The zero-order valence-corrected chi connectivity index (χ0v) is 19.7. The number of benzene rings is 2. The zero-order valence-electron chi connectivity index (χ0n) is 18.1. The molecule has 0 saturated heterocycles. The lowest BCUT2D eigenvalue weighted by Gasteiger charge is -2.23. The molecule has 0 aliphatic heterocycles. The third-order valence-electron chi connectivity index (χ3n) is 5.34. The van der Waals surface area contributed by atoms with E-state index < -0.39 is 0 Å². The van der Waals surface area contributed by atoms with Gasteiger partial charge in [-0.1, -0.05) is 78.1 Å². The Kier molecular flexibility index (Phi) is 7.26. The number of carbonyl (C=O) groups is 1. The normalized spacial score (nSPS) is 10.9. The summed E-state index contributed by atoms with van der Waals surface area (Å²) in [6.45, 7) is 5.17. The minimum atomic E-state index is -0.255. The molecule has 0 atom stereocenters. The van der Waals surface area contributed by atoms with E-state index >= 15 is 0 Å². The quantitative estimate of drug-likeness (QED) is 0.265. The first kappa shape index (κ1) is 22.8. The molecular formula is C25H24N4O2S2. The number of thiazole rings is 1. The van der Waals surface area contributed by atoms with E-state index in [1.165, 1.54) is 22.2 Å². The monoisotopic (exact) mass is 476 g/mol. The lowest BCUT2D eigenvalue weighted by atomic mass is 10.1. The number of fused-ring (bicyclic) bond motifs is 1. The average molecular weight is 477 g/mol. The lowest BCUT2D eigenvalue weighted by Crippen LogP contribution is -2.37. The first-order valence-electron chi connectivity index (χ1n) is 10.6. The standard InChI is InChI=1S/C25H24N4O2S2/c1-2-14-29-23-22(33-25(29)32)24(31)28(18-26-23)17-21(30)27(16-20-11-7-4-8-12-20)15-13-19-9-5-3-6-10-19/h2-12,18H,1,13-17H2. The molecular weight excluding hydrogens is 452 g/mol. The fourth-order valence-electron chi connectivity index (χ4n) is 3.62. The summed E-state index contributed by atoms with van der Waals surface area (Å²) in [5, 5.41) is 0. The maximum absolute atomic E-state index is 13.3. The maximum Gasteiger partial charge on any atom is 0.273 e. The molecule has 6 nitrogen and oxygen atoms in total. The summed E-state index contributed by atoms with van der Waals surface area (Å²) in [6.07, 6.45) is 3.88. The Morgan fingerprint density at radius 3 is 2.42 bits per heavy atom. The third-order valence-corrected chi connectivity index (χ3v) is 6.77. The molecule has 0 aliphatic carbocycles. The molecule has 0 spiro atoms.